The lowest BCUT2D eigenvalue weighted by molar-refractivity contribution is 0.0952. The van der Waals surface area contributed by atoms with Gasteiger partial charge in [0.05, 0.1) is 20.3 Å². The van der Waals surface area contributed by atoms with Crippen LogP contribution in [0.2, 0.25) is 0 Å². The van der Waals surface area contributed by atoms with E-state index in [1.807, 2.05) is 44.2 Å². The van der Waals surface area contributed by atoms with Crippen molar-refractivity contribution in [3.05, 3.63) is 89.5 Å². The summed E-state index contributed by atoms with van der Waals surface area (Å²) in [4.78, 5) is 12.6. The average molecular weight is 434 g/mol. The van der Waals surface area contributed by atoms with Gasteiger partial charge in [0, 0.05) is 23.6 Å². The Morgan fingerprint density at radius 2 is 1.50 bits per heavy atom. The molecule has 3 aromatic rings. The van der Waals surface area contributed by atoms with E-state index in [9.17, 15) is 4.79 Å². The number of carbonyl (C=O) groups excluding carboxylic acids is 1. The molecule has 1 amide bonds. The number of nitrogens with one attached hydrogen (secondary N) is 1. The summed E-state index contributed by atoms with van der Waals surface area (Å²) in [6, 6.07) is 23.3. The minimum atomic E-state index is -0.105. The Kier molecular flexibility index (Phi) is 8.14. The second kappa shape index (κ2) is 11.2. The Balaban J connectivity index is 1.76. The van der Waals surface area contributed by atoms with Crippen molar-refractivity contribution in [2.24, 2.45) is 0 Å². The molecular weight excluding hydrogens is 402 g/mol. The van der Waals surface area contributed by atoms with Gasteiger partial charge < -0.3 is 19.5 Å². The van der Waals surface area contributed by atoms with E-state index >= 15 is 0 Å². The van der Waals surface area contributed by atoms with Crippen LogP contribution in [0.5, 0.6) is 17.2 Å². The zero-order valence-electron chi connectivity index (χ0n) is 19.1. The van der Waals surface area contributed by atoms with Crippen LogP contribution in [-0.2, 0) is 0 Å². The molecule has 0 bridgehead atoms. The van der Waals surface area contributed by atoms with Crippen molar-refractivity contribution in [2.75, 3.05) is 20.8 Å². The maximum Gasteiger partial charge on any atom is 0.251 e. The van der Waals surface area contributed by atoms with Gasteiger partial charge in [0.25, 0.3) is 5.91 Å². The highest BCUT2D eigenvalue weighted by Crippen LogP contribution is 2.35. The summed E-state index contributed by atoms with van der Waals surface area (Å²) in [7, 11) is 3.29. The first-order valence-electron chi connectivity index (χ1n) is 10.8. The molecule has 1 atom stereocenters. The lowest BCUT2D eigenvalue weighted by Crippen LogP contribution is -2.25. The summed E-state index contributed by atoms with van der Waals surface area (Å²) in [5.41, 5.74) is 2.84. The molecule has 0 aliphatic heterocycles. The first kappa shape index (κ1) is 23.2. The number of carbonyl (C=O) groups is 1. The standard InChI is InChI=1S/C27H31NO4/c1-19(2)32-23-15-9-20(10-16-23)24(25-7-5-6-8-26(25)31-4)17-18-28-27(29)21-11-13-22(30-3)14-12-21/h5-16,19,24H,17-18H2,1-4H3,(H,28,29)/t24-/m0/s1. The zero-order chi connectivity index (χ0) is 22.9. The van der Waals surface area contributed by atoms with Gasteiger partial charge in [-0.25, -0.2) is 0 Å². The first-order chi connectivity index (χ1) is 15.5. The van der Waals surface area contributed by atoms with Gasteiger partial charge in [0.1, 0.15) is 17.2 Å². The van der Waals surface area contributed by atoms with Crippen molar-refractivity contribution < 1.29 is 19.0 Å². The molecule has 0 aliphatic rings. The Morgan fingerprint density at radius 1 is 0.844 bits per heavy atom. The summed E-state index contributed by atoms with van der Waals surface area (Å²) < 4.78 is 16.6. The van der Waals surface area contributed by atoms with Gasteiger partial charge in [-0.1, -0.05) is 30.3 Å². The Hall–Kier alpha value is -3.47. The molecule has 0 spiro atoms. The van der Waals surface area contributed by atoms with Crippen molar-refractivity contribution in [1.29, 1.82) is 0 Å². The minimum Gasteiger partial charge on any atom is -0.497 e. The molecule has 0 heterocycles. The van der Waals surface area contributed by atoms with Crippen molar-refractivity contribution >= 4 is 5.91 Å². The first-order valence-corrected chi connectivity index (χ1v) is 10.8. The lowest BCUT2D eigenvalue weighted by atomic mass is 9.87. The fourth-order valence-corrected chi connectivity index (χ4v) is 3.68. The highest BCUT2D eigenvalue weighted by molar-refractivity contribution is 5.94. The fraction of sp³-hybridized carbons (Fsp3) is 0.296. The predicted octanol–water partition coefficient (Wildman–Crippen LogP) is 5.44. The third-order valence-corrected chi connectivity index (χ3v) is 5.24. The average Bonchev–Trinajstić information content (AvgIpc) is 2.82. The van der Waals surface area contributed by atoms with Gasteiger partial charge >= 0.3 is 0 Å². The van der Waals surface area contributed by atoms with E-state index in [1.54, 1.807) is 38.5 Å². The number of benzene rings is 3. The summed E-state index contributed by atoms with van der Waals surface area (Å²) in [6.45, 7) is 4.55. The summed E-state index contributed by atoms with van der Waals surface area (Å²) in [5, 5.41) is 3.04. The number of amides is 1. The van der Waals surface area contributed by atoms with Crippen LogP contribution in [0, 0.1) is 0 Å². The van der Waals surface area contributed by atoms with Gasteiger partial charge in [-0.05, 0) is 68.3 Å². The molecule has 0 fully saturated rings. The molecule has 0 radical (unpaired) electrons. The summed E-state index contributed by atoms with van der Waals surface area (Å²) >= 11 is 0. The number of hydrogen-bond acceptors (Lipinski definition) is 4. The molecule has 0 aliphatic carbocycles. The van der Waals surface area contributed by atoms with Gasteiger partial charge in [-0.15, -0.1) is 0 Å². The van der Waals surface area contributed by atoms with Crippen LogP contribution in [0.3, 0.4) is 0 Å². The van der Waals surface area contributed by atoms with Crippen molar-refractivity contribution in [3.63, 3.8) is 0 Å². The number of para-hydroxylation sites is 1. The topological polar surface area (TPSA) is 56.8 Å². The van der Waals surface area contributed by atoms with Crippen LogP contribution in [0.25, 0.3) is 0 Å². The molecule has 0 unspecified atom stereocenters. The van der Waals surface area contributed by atoms with Gasteiger partial charge in [0.2, 0.25) is 0 Å². The Morgan fingerprint density at radius 3 is 2.12 bits per heavy atom. The summed E-state index contributed by atoms with van der Waals surface area (Å²) in [6.07, 6.45) is 0.853. The molecule has 1 N–H and O–H groups in total. The highest BCUT2D eigenvalue weighted by atomic mass is 16.5. The predicted molar refractivity (Wildman–Crippen MR) is 127 cm³/mol. The maximum atomic E-state index is 12.6. The van der Waals surface area contributed by atoms with E-state index in [2.05, 4.69) is 23.5 Å². The molecule has 3 rings (SSSR count). The number of rotatable bonds is 10. The van der Waals surface area contributed by atoms with Crippen molar-refractivity contribution in [3.8, 4) is 17.2 Å². The van der Waals surface area contributed by atoms with Crippen LogP contribution < -0.4 is 19.5 Å². The molecule has 0 aromatic heterocycles. The van der Waals surface area contributed by atoms with Crippen molar-refractivity contribution in [1.82, 2.24) is 5.32 Å². The van der Waals surface area contributed by atoms with E-state index in [1.165, 1.54) is 0 Å². The quantitative estimate of drug-likeness (QED) is 0.462. The van der Waals surface area contributed by atoms with Crippen LogP contribution >= 0.6 is 0 Å². The zero-order valence-corrected chi connectivity index (χ0v) is 19.1. The highest BCUT2D eigenvalue weighted by Gasteiger charge is 2.19. The van der Waals surface area contributed by atoms with E-state index < -0.39 is 0 Å². The van der Waals surface area contributed by atoms with Crippen LogP contribution in [0.15, 0.2) is 72.8 Å². The minimum absolute atomic E-state index is 0.0652. The fourth-order valence-electron chi connectivity index (χ4n) is 3.68. The molecule has 32 heavy (non-hydrogen) atoms. The normalized spacial score (nSPS) is 11.7. The van der Waals surface area contributed by atoms with E-state index in [0.29, 0.717) is 12.1 Å². The second-order valence-corrected chi connectivity index (χ2v) is 7.80. The molecule has 3 aromatic carbocycles. The smallest absolute Gasteiger partial charge is 0.251 e. The van der Waals surface area contributed by atoms with Crippen LogP contribution in [0.1, 0.15) is 47.7 Å². The van der Waals surface area contributed by atoms with Crippen LogP contribution in [0.4, 0.5) is 0 Å². The number of hydrogen-bond donors (Lipinski definition) is 1. The van der Waals surface area contributed by atoms with Gasteiger partial charge in [-0.3, -0.25) is 4.79 Å². The Bertz CT molecular complexity index is 997. The molecule has 5 nitrogen and oxygen atoms in total. The van der Waals surface area contributed by atoms with Gasteiger partial charge in [-0.2, -0.15) is 0 Å². The third-order valence-electron chi connectivity index (χ3n) is 5.24. The molecular formula is C27H31NO4. The monoisotopic (exact) mass is 433 g/mol. The third kappa shape index (κ3) is 6.03. The Labute approximate surface area is 190 Å². The SMILES string of the molecule is COc1ccc(C(=O)NCC[C@@H](c2ccc(OC(C)C)cc2)c2ccccc2OC)cc1. The lowest BCUT2D eigenvalue weighted by Gasteiger charge is -2.21. The second-order valence-electron chi connectivity index (χ2n) is 7.80. The van der Waals surface area contributed by atoms with Gasteiger partial charge in [0.15, 0.2) is 0 Å². The van der Waals surface area contributed by atoms with E-state index in [0.717, 1.165) is 34.8 Å². The summed E-state index contributed by atoms with van der Waals surface area (Å²) in [5.74, 6) is 2.36. The van der Waals surface area contributed by atoms with Crippen LogP contribution in [-0.4, -0.2) is 32.8 Å². The molecule has 5 heteroatoms. The molecule has 168 valence electrons. The molecule has 0 saturated heterocycles. The van der Waals surface area contributed by atoms with E-state index in [4.69, 9.17) is 14.2 Å². The molecule has 0 saturated carbocycles. The van der Waals surface area contributed by atoms with Crippen molar-refractivity contribution in [2.45, 2.75) is 32.3 Å². The number of methoxy groups -OCH3 is 2. The maximum absolute atomic E-state index is 12.6. The van der Waals surface area contributed by atoms with E-state index in [-0.39, 0.29) is 17.9 Å². The largest absolute Gasteiger partial charge is 0.497 e. The number of ether oxygens (including phenoxy) is 3.